The van der Waals surface area contributed by atoms with Crippen LogP contribution in [0.1, 0.15) is 16.7 Å². The molecule has 0 aliphatic carbocycles. The maximum Gasteiger partial charge on any atom is 0.307 e. The molecule has 0 amide bonds. The molecule has 0 heterocycles. The van der Waals surface area contributed by atoms with Gasteiger partial charge in [-0.1, -0.05) is 24.3 Å². The molecule has 0 saturated carbocycles. The molecule has 2 aromatic carbocycles. The highest BCUT2D eigenvalue weighted by Crippen LogP contribution is 2.28. The number of benzene rings is 2. The summed E-state index contributed by atoms with van der Waals surface area (Å²) in [6.07, 6.45) is 2.24. The first-order chi connectivity index (χ1) is 14.1. The minimum absolute atomic E-state index is 0.0561. The summed E-state index contributed by atoms with van der Waals surface area (Å²) in [5.74, 6) is -0.988. The van der Waals surface area contributed by atoms with Crippen molar-refractivity contribution in [3.63, 3.8) is 0 Å². The molecule has 0 fully saturated rings. The number of aliphatic carboxylic acids is 1. The lowest BCUT2D eigenvalue weighted by molar-refractivity contribution is -0.136. The first-order valence-corrected chi connectivity index (χ1v) is 10.6. The number of carboxylic acid groups (broad SMARTS) is 1. The highest BCUT2D eigenvalue weighted by Gasteiger charge is 2.16. The fourth-order valence-electron chi connectivity index (χ4n) is 2.42. The Morgan fingerprint density at radius 2 is 1.83 bits per heavy atom. The molecule has 12 heteroatoms. The largest absolute Gasteiger partial charge is 0.740 e. The predicted molar refractivity (Wildman–Crippen MR) is 105 cm³/mol. The summed E-state index contributed by atoms with van der Waals surface area (Å²) in [5, 5.41) is 8.85. The van der Waals surface area contributed by atoms with Crippen LogP contribution in [-0.4, -0.2) is 46.7 Å². The van der Waals surface area contributed by atoms with Crippen LogP contribution in [0.25, 0.3) is 12.2 Å². The van der Waals surface area contributed by atoms with E-state index in [1.807, 2.05) is 0 Å². The molecule has 30 heavy (non-hydrogen) atoms. The summed E-state index contributed by atoms with van der Waals surface area (Å²) < 4.78 is 69.5. The Labute approximate surface area is 175 Å². The van der Waals surface area contributed by atoms with Gasteiger partial charge in [-0.2, -0.15) is 8.42 Å². The van der Waals surface area contributed by atoms with E-state index in [1.54, 1.807) is 0 Å². The van der Waals surface area contributed by atoms with Crippen LogP contribution in [0.3, 0.4) is 0 Å². The molecule has 162 valence electrons. The van der Waals surface area contributed by atoms with E-state index in [2.05, 4.69) is 0 Å². The SMILES string of the molecule is COCOc1ccc(/C=C/c2ccc(CC(=O)O)cc2S(=O)(=O)O)c(OS(=O)[O-])c1. The van der Waals surface area contributed by atoms with Gasteiger partial charge in [0.1, 0.15) is 27.8 Å². The number of hydrogen-bond acceptors (Lipinski definition) is 8. The Bertz CT molecular complexity index is 1080. The van der Waals surface area contributed by atoms with E-state index in [0.29, 0.717) is 0 Å². The van der Waals surface area contributed by atoms with Crippen LogP contribution in [0.5, 0.6) is 11.5 Å². The molecule has 2 aromatic rings. The molecule has 2 rings (SSSR count). The minimum atomic E-state index is -4.65. The maximum atomic E-state index is 11.7. The molecule has 0 aromatic heterocycles. The van der Waals surface area contributed by atoms with E-state index in [4.69, 9.17) is 18.8 Å². The predicted octanol–water partition coefficient (Wildman–Crippen LogP) is 1.89. The second-order valence-electron chi connectivity index (χ2n) is 5.79. The van der Waals surface area contributed by atoms with E-state index in [0.717, 1.165) is 6.07 Å². The summed E-state index contributed by atoms with van der Waals surface area (Å²) in [6.45, 7) is -0.0739. The lowest BCUT2D eigenvalue weighted by Crippen LogP contribution is -2.05. The van der Waals surface area contributed by atoms with Gasteiger partial charge in [0.2, 0.25) is 0 Å². The van der Waals surface area contributed by atoms with Crippen LogP contribution in [0.2, 0.25) is 0 Å². The van der Waals surface area contributed by atoms with Gasteiger partial charge in [0.15, 0.2) is 6.79 Å². The number of methoxy groups -OCH3 is 1. The van der Waals surface area contributed by atoms with E-state index >= 15 is 0 Å². The molecule has 0 radical (unpaired) electrons. The molecule has 10 nitrogen and oxygen atoms in total. The number of rotatable bonds is 10. The van der Waals surface area contributed by atoms with E-state index in [1.165, 1.54) is 49.6 Å². The molecular formula is C18H17O10S2-. The van der Waals surface area contributed by atoms with Crippen LogP contribution in [0, 0.1) is 0 Å². The Morgan fingerprint density at radius 3 is 2.43 bits per heavy atom. The zero-order valence-corrected chi connectivity index (χ0v) is 17.1. The van der Waals surface area contributed by atoms with Gasteiger partial charge in [0.05, 0.1) is 6.42 Å². The summed E-state index contributed by atoms with van der Waals surface area (Å²) in [5.41, 5.74) is 0.498. The first-order valence-electron chi connectivity index (χ1n) is 8.14. The Hall–Kier alpha value is -2.77. The second kappa shape index (κ2) is 10.3. The third-order valence-electron chi connectivity index (χ3n) is 3.64. The molecule has 0 spiro atoms. The third-order valence-corrected chi connectivity index (χ3v) is 4.86. The smallest absolute Gasteiger partial charge is 0.307 e. The Morgan fingerprint density at radius 1 is 1.17 bits per heavy atom. The van der Waals surface area contributed by atoms with Crippen LogP contribution in [0.15, 0.2) is 41.3 Å². The van der Waals surface area contributed by atoms with Crippen molar-refractivity contribution in [1.29, 1.82) is 0 Å². The molecule has 0 aliphatic rings. The Balaban J connectivity index is 2.44. The maximum absolute atomic E-state index is 11.7. The van der Waals surface area contributed by atoms with Crippen LogP contribution in [0.4, 0.5) is 0 Å². The van der Waals surface area contributed by atoms with Crippen molar-refractivity contribution in [3.05, 3.63) is 53.1 Å². The molecular weight excluding hydrogens is 440 g/mol. The summed E-state index contributed by atoms with van der Waals surface area (Å²) in [4.78, 5) is 10.3. The van der Waals surface area contributed by atoms with E-state index < -0.39 is 38.8 Å². The van der Waals surface area contributed by atoms with Crippen molar-refractivity contribution in [3.8, 4) is 11.5 Å². The molecule has 0 saturated heterocycles. The summed E-state index contributed by atoms with van der Waals surface area (Å²) in [7, 11) is -3.24. The highest BCUT2D eigenvalue weighted by atomic mass is 32.2. The number of ether oxygens (including phenoxy) is 2. The van der Waals surface area contributed by atoms with E-state index in [9.17, 15) is 26.5 Å². The lowest BCUT2D eigenvalue weighted by atomic mass is 10.1. The van der Waals surface area contributed by atoms with Crippen molar-refractivity contribution >= 4 is 39.6 Å². The molecule has 1 unspecified atom stereocenters. The minimum Gasteiger partial charge on any atom is -0.740 e. The highest BCUT2D eigenvalue weighted by molar-refractivity contribution is 7.86. The normalized spacial score (nSPS) is 12.6. The Kier molecular flexibility index (Phi) is 8.08. The number of carboxylic acids is 1. The van der Waals surface area contributed by atoms with E-state index in [-0.39, 0.29) is 35.0 Å². The number of carbonyl (C=O) groups is 1. The van der Waals surface area contributed by atoms with Gasteiger partial charge in [-0.05, 0) is 29.3 Å². The van der Waals surface area contributed by atoms with Crippen LogP contribution < -0.4 is 8.92 Å². The van der Waals surface area contributed by atoms with Gasteiger partial charge in [-0.3, -0.25) is 9.35 Å². The van der Waals surface area contributed by atoms with Crippen LogP contribution in [-0.2, 0) is 37.4 Å². The van der Waals surface area contributed by atoms with Crippen molar-refractivity contribution in [2.45, 2.75) is 11.3 Å². The van der Waals surface area contributed by atoms with Gasteiger partial charge in [0, 0.05) is 18.7 Å². The van der Waals surface area contributed by atoms with Gasteiger partial charge >= 0.3 is 5.97 Å². The van der Waals surface area contributed by atoms with Gasteiger partial charge in [-0.25, -0.2) is 4.21 Å². The zero-order chi connectivity index (χ0) is 22.3. The second-order valence-corrected chi connectivity index (χ2v) is 7.75. The summed E-state index contributed by atoms with van der Waals surface area (Å²) in [6, 6.07) is 8.05. The molecule has 1 atom stereocenters. The van der Waals surface area contributed by atoms with Crippen molar-refractivity contribution < 1.29 is 45.3 Å². The molecule has 0 bridgehead atoms. The van der Waals surface area contributed by atoms with Gasteiger partial charge in [0.25, 0.3) is 10.1 Å². The third kappa shape index (κ3) is 6.93. The standard InChI is InChI=1S/C18H18O10S2/c1-26-11-27-15-7-6-13(16(10-15)28-29(21)22)4-5-14-3-2-12(9-18(19)20)8-17(14)30(23,24)25/h2-8,10H,9,11H2,1H3,(H,19,20)(H,21,22)(H,23,24,25)/p-1/b5-4+. The topological polar surface area (TPSA) is 159 Å². The quantitative estimate of drug-likeness (QED) is 0.233. The van der Waals surface area contributed by atoms with Gasteiger partial charge in [-0.15, -0.1) is 0 Å². The van der Waals surface area contributed by atoms with Crippen molar-refractivity contribution in [1.82, 2.24) is 0 Å². The summed E-state index contributed by atoms with van der Waals surface area (Å²) >= 11 is -2.88. The average molecular weight is 457 g/mol. The van der Waals surface area contributed by atoms with Crippen molar-refractivity contribution in [2.75, 3.05) is 13.9 Å². The fourth-order valence-corrected chi connectivity index (χ4v) is 3.44. The monoisotopic (exact) mass is 457 g/mol. The van der Waals surface area contributed by atoms with Crippen LogP contribution >= 0.6 is 0 Å². The molecule has 0 aliphatic heterocycles. The first kappa shape index (κ1) is 23.5. The number of hydrogen-bond donors (Lipinski definition) is 2. The lowest BCUT2D eigenvalue weighted by Gasteiger charge is -2.12. The zero-order valence-electron chi connectivity index (χ0n) is 15.5. The molecule has 2 N–H and O–H groups in total. The van der Waals surface area contributed by atoms with Crippen molar-refractivity contribution in [2.24, 2.45) is 0 Å². The van der Waals surface area contributed by atoms with Gasteiger partial charge < -0.3 is 23.3 Å². The fraction of sp³-hybridized carbons (Fsp3) is 0.167. The average Bonchev–Trinajstić information content (AvgIpc) is 2.64.